The normalized spacial score (nSPS) is 10.7. The molecule has 0 saturated heterocycles. The van der Waals surface area contributed by atoms with Gasteiger partial charge < -0.3 is 4.57 Å². The Balaban J connectivity index is 1.81. The number of thiophene rings is 1. The standard InChI is InChI=1S/C23H16ClF3N2O3S/c1-2-18(30)16-5-13(9-28-10-16)3-4-15-8-20(33-22(15)24)19(31)7-14-6-17(25)23(32)29(11-14)12-21(26)27/h5-6,8-11,21H,2,7,12H2,1H3. The molecule has 0 amide bonds. The van der Waals surface area contributed by atoms with Gasteiger partial charge in [-0.1, -0.05) is 30.4 Å². The Hall–Kier alpha value is -3.22. The van der Waals surface area contributed by atoms with Crippen LogP contribution in [0.2, 0.25) is 4.34 Å². The average Bonchev–Trinajstić information content (AvgIpc) is 3.15. The van der Waals surface area contributed by atoms with Gasteiger partial charge in [-0.25, -0.2) is 13.2 Å². The first-order chi connectivity index (χ1) is 15.7. The van der Waals surface area contributed by atoms with E-state index in [2.05, 4.69) is 16.8 Å². The summed E-state index contributed by atoms with van der Waals surface area (Å²) < 4.78 is 39.9. The maximum Gasteiger partial charge on any atom is 0.286 e. The minimum atomic E-state index is -2.85. The van der Waals surface area contributed by atoms with Crippen LogP contribution in [0, 0.1) is 17.7 Å². The van der Waals surface area contributed by atoms with Gasteiger partial charge in [0.2, 0.25) is 0 Å². The highest BCUT2D eigenvalue weighted by Gasteiger charge is 2.16. The van der Waals surface area contributed by atoms with Gasteiger partial charge in [-0.05, 0) is 23.8 Å². The van der Waals surface area contributed by atoms with Gasteiger partial charge >= 0.3 is 0 Å². The van der Waals surface area contributed by atoms with Gasteiger partial charge in [-0.3, -0.25) is 19.4 Å². The second kappa shape index (κ2) is 10.6. The van der Waals surface area contributed by atoms with Crippen LogP contribution >= 0.6 is 22.9 Å². The van der Waals surface area contributed by atoms with Crippen molar-refractivity contribution < 1.29 is 22.8 Å². The van der Waals surface area contributed by atoms with Crippen LogP contribution in [-0.2, 0) is 13.0 Å². The van der Waals surface area contributed by atoms with Crippen molar-refractivity contribution in [1.82, 2.24) is 9.55 Å². The predicted molar refractivity (Wildman–Crippen MR) is 119 cm³/mol. The molecule has 0 aromatic carbocycles. The minimum absolute atomic E-state index is 0.0658. The number of carbonyl (C=O) groups excluding carboxylic acids is 2. The number of aromatic nitrogens is 2. The number of ketones is 2. The number of pyridine rings is 2. The number of nitrogens with zero attached hydrogens (tertiary/aromatic N) is 2. The van der Waals surface area contributed by atoms with Crippen molar-refractivity contribution in [1.29, 1.82) is 0 Å². The van der Waals surface area contributed by atoms with Gasteiger partial charge in [-0.15, -0.1) is 11.3 Å². The van der Waals surface area contributed by atoms with Crippen LogP contribution in [0.1, 0.15) is 50.1 Å². The molecule has 0 saturated carbocycles. The minimum Gasteiger partial charge on any atom is -0.307 e. The van der Waals surface area contributed by atoms with Crippen molar-refractivity contribution in [3.05, 3.63) is 84.4 Å². The average molecular weight is 493 g/mol. The SMILES string of the molecule is CCC(=O)c1cncc(C#Cc2cc(C(=O)Cc3cc(F)c(=O)n(CC(F)F)c3)sc2Cl)c1. The van der Waals surface area contributed by atoms with Crippen molar-refractivity contribution >= 4 is 34.5 Å². The summed E-state index contributed by atoms with van der Waals surface area (Å²) in [6, 6.07) is 3.94. The summed E-state index contributed by atoms with van der Waals surface area (Å²) in [5.41, 5.74) is 0.227. The Morgan fingerprint density at radius 2 is 1.94 bits per heavy atom. The lowest BCUT2D eigenvalue weighted by atomic mass is 10.1. The van der Waals surface area contributed by atoms with E-state index in [0.717, 1.165) is 23.6 Å². The Morgan fingerprint density at radius 3 is 2.64 bits per heavy atom. The summed E-state index contributed by atoms with van der Waals surface area (Å²) in [4.78, 5) is 40.3. The van der Waals surface area contributed by atoms with E-state index < -0.39 is 30.1 Å². The zero-order valence-corrected chi connectivity index (χ0v) is 18.8. The third-order valence-electron chi connectivity index (χ3n) is 4.48. The third-order valence-corrected chi connectivity index (χ3v) is 5.88. The number of alkyl halides is 2. The highest BCUT2D eigenvalue weighted by Crippen LogP contribution is 2.28. The van der Waals surface area contributed by atoms with E-state index in [4.69, 9.17) is 11.6 Å². The second-order valence-corrected chi connectivity index (χ2v) is 8.59. The zero-order valence-electron chi connectivity index (χ0n) is 17.2. The van der Waals surface area contributed by atoms with Crippen LogP contribution < -0.4 is 5.56 Å². The van der Waals surface area contributed by atoms with Crippen LogP contribution in [0.3, 0.4) is 0 Å². The molecule has 33 heavy (non-hydrogen) atoms. The Kier molecular flexibility index (Phi) is 7.84. The lowest BCUT2D eigenvalue weighted by Crippen LogP contribution is -2.26. The predicted octanol–water partition coefficient (Wildman–Crippen LogP) is 4.78. The summed E-state index contributed by atoms with van der Waals surface area (Å²) in [5, 5.41) is 0. The van der Waals surface area contributed by atoms with Crippen molar-refractivity contribution in [2.45, 2.75) is 32.7 Å². The number of halogens is 4. The third kappa shape index (κ3) is 6.18. The molecule has 0 aliphatic carbocycles. The Bertz CT molecular complexity index is 1340. The Labute approximate surface area is 195 Å². The first-order valence-corrected chi connectivity index (χ1v) is 10.9. The van der Waals surface area contributed by atoms with E-state index in [9.17, 15) is 27.6 Å². The van der Waals surface area contributed by atoms with E-state index in [1.165, 1.54) is 18.5 Å². The maximum atomic E-state index is 13.8. The molecule has 0 atom stereocenters. The van der Waals surface area contributed by atoms with Crippen LogP contribution in [0.5, 0.6) is 0 Å². The maximum absolute atomic E-state index is 13.8. The van der Waals surface area contributed by atoms with E-state index in [1.807, 2.05) is 0 Å². The lowest BCUT2D eigenvalue weighted by Gasteiger charge is -2.08. The summed E-state index contributed by atoms with van der Waals surface area (Å²) in [7, 11) is 0. The molecule has 3 aromatic rings. The highest BCUT2D eigenvalue weighted by atomic mass is 35.5. The van der Waals surface area contributed by atoms with E-state index >= 15 is 0 Å². The van der Waals surface area contributed by atoms with Gasteiger partial charge in [0.25, 0.3) is 12.0 Å². The summed E-state index contributed by atoms with van der Waals surface area (Å²) in [6.45, 7) is 0.772. The van der Waals surface area contributed by atoms with Gasteiger partial charge in [0.1, 0.15) is 4.34 Å². The Morgan fingerprint density at radius 1 is 1.18 bits per heavy atom. The topological polar surface area (TPSA) is 69.0 Å². The molecular formula is C23H16ClF3N2O3S. The molecule has 3 aromatic heterocycles. The first-order valence-electron chi connectivity index (χ1n) is 9.67. The molecule has 0 bridgehead atoms. The van der Waals surface area contributed by atoms with E-state index in [1.54, 1.807) is 13.0 Å². The number of hydrogen-bond donors (Lipinski definition) is 0. The first kappa shape index (κ1) is 24.4. The van der Waals surface area contributed by atoms with Crippen molar-refractivity contribution in [2.24, 2.45) is 0 Å². The molecule has 3 heterocycles. The van der Waals surface area contributed by atoms with Gasteiger partial charge in [-0.2, -0.15) is 0 Å². The summed E-state index contributed by atoms with van der Waals surface area (Å²) >= 11 is 7.17. The van der Waals surface area contributed by atoms with Gasteiger partial charge in [0.05, 0.1) is 17.0 Å². The smallest absolute Gasteiger partial charge is 0.286 e. The van der Waals surface area contributed by atoms with Crippen molar-refractivity contribution in [2.75, 3.05) is 0 Å². The molecule has 3 rings (SSSR count). The summed E-state index contributed by atoms with van der Waals surface area (Å²) in [6.07, 6.45) is 1.18. The molecule has 170 valence electrons. The molecule has 0 fully saturated rings. The highest BCUT2D eigenvalue weighted by molar-refractivity contribution is 7.18. The largest absolute Gasteiger partial charge is 0.307 e. The summed E-state index contributed by atoms with van der Waals surface area (Å²) in [5.74, 6) is 3.97. The quantitative estimate of drug-likeness (QED) is 0.351. The zero-order chi connectivity index (χ0) is 24.1. The van der Waals surface area contributed by atoms with E-state index in [-0.39, 0.29) is 27.0 Å². The van der Waals surface area contributed by atoms with Crippen molar-refractivity contribution in [3.63, 3.8) is 0 Å². The molecule has 0 unspecified atom stereocenters. The lowest BCUT2D eigenvalue weighted by molar-refractivity contribution is 0.0982. The number of hydrogen-bond acceptors (Lipinski definition) is 5. The fourth-order valence-corrected chi connectivity index (χ4v) is 4.03. The molecule has 10 heteroatoms. The van der Waals surface area contributed by atoms with E-state index in [0.29, 0.717) is 27.7 Å². The van der Waals surface area contributed by atoms with Crippen LogP contribution in [0.25, 0.3) is 0 Å². The van der Waals surface area contributed by atoms with Crippen LogP contribution in [0.15, 0.2) is 41.6 Å². The number of Topliss-reactive ketones (excluding diaryl/α,β-unsaturated/α-hetero) is 2. The van der Waals surface area contributed by atoms with Crippen LogP contribution in [-0.4, -0.2) is 27.5 Å². The van der Waals surface area contributed by atoms with Crippen LogP contribution in [0.4, 0.5) is 13.2 Å². The second-order valence-electron chi connectivity index (χ2n) is 6.93. The van der Waals surface area contributed by atoms with Gasteiger partial charge in [0, 0.05) is 42.6 Å². The van der Waals surface area contributed by atoms with Crippen molar-refractivity contribution in [3.8, 4) is 11.8 Å². The molecule has 0 aliphatic rings. The molecule has 0 spiro atoms. The molecule has 0 aliphatic heterocycles. The molecule has 5 nitrogen and oxygen atoms in total. The fraction of sp³-hybridized carbons (Fsp3) is 0.217. The number of carbonyl (C=O) groups is 2. The molecular weight excluding hydrogens is 477 g/mol. The molecule has 0 radical (unpaired) electrons. The molecule has 0 N–H and O–H groups in total. The van der Waals surface area contributed by atoms with Gasteiger partial charge in [0.15, 0.2) is 17.4 Å². The fourth-order valence-electron chi connectivity index (χ4n) is 2.91. The monoisotopic (exact) mass is 492 g/mol. The number of rotatable bonds is 7.